The smallest absolute Gasteiger partial charge is 0.454 e. The molecule has 4 rings (SSSR count). The minimum Gasteiger partial charge on any atom is -0.493 e. The number of pyridine rings is 1. The fraction of sp³-hybridized carbons (Fsp3) is 0.450. The Labute approximate surface area is 154 Å². The van der Waals surface area contributed by atoms with Crippen molar-refractivity contribution in [3.8, 4) is 22.8 Å². The van der Waals surface area contributed by atoms with Gasteiger partial charge in [-0.1, -0.05) is 6.07 Å². The van der Waals surface area contributed by atoms with E-state index < -0.39 is 7.12 Å². The van der Waals surface area contributed by atoms with Gasteiger partial charge in [-0.05, 0) is 62.3 Å². The number of nitrogens with zero attached hydrogens (tertiary/aromatic N) is 1. The highest BCUT2D eigenvalue weighted by molar-refractivity contribution is 6.43. The van der Waals surface area contributed by atoms with E-state index in [0.29, 0.717) is 12.9 Å². The van der Waals surface area contributed by atoms with Crippen molar-refractivity contribution in [1.82, 2.24) is 4.98 Å². The summed E-state index contributed by atoms with van der Waals surface area (Å²) >= 11 is 0. The van der Waals surface area contributed by atoms with E-state index in [2.05, 4.69) is 0 Å². The summed E-state index contributed by atoms with van der Waals surface area (Å²) in [5, 5.41) is 9.60. The molecule has 6 heteroatoms. The van der Waals surface area contributed by atoms with E-state index in [9.17, 15) is 5.02 Å². The van der Waals surface area contributed by atoms with Crippen molar-refractivity contribution in [2.75, 3.05) is 13.7 Å². The van der Waals surface area contributed by atoms with Gasteiger partial charge in [-0.2, -0.15) is 0 Å². The fourth-order valence-electron chi connectivity index (χ4n) is 3.77. The lowest BCUT2D eigenvalue weighted by Crippen LogP contribution is -2.11. The van der Waals surface area contributed by atoms with Crippen LogP contribution in [0.5, 0.6) is 11.5 Å². The van der Waals surface area contributed by atoms with Crippen molar-refractivity contribution in [2.45, 2.75) is 44.0 Å². The Morgan fingerprint density at radius 2 is 2.00 bits per heavy atom. The third-order valence-corrected chi connectivity index (χ3v) is 5.22. The first-order valence-corrected chi connectivity index (χ1v) is 9.34. The fourth-order valence-corrected chi connectivity index (χ4v) is 3.77. The average molecular weight is 353 g/mol. The number of hydrogen-bond donors (Lipinski definition) is 1. The molecule has 26 heavy (non-hydrogen) atoms. The Hall–Kier alpha value is -2.05. The zero-order valence-corrected chi connectivity index (χ0v) is 15.1. The summed E-state index contributed by atoms with van der Waals surface area (Å²) in [6.07, 6.45) is 5.53. The van der Waals surface area contributed by atoms with Gasteiger partial charge in [0.05, 0.1) is 18.9 Å². The molecule has 2 fully saturated rings. The SMILES string of the molecule is COc1ccc(-c2cccc([C@H]3COB(O)C3)n2)cc1OC1CCCC1. The summed E-state index contributed by atoms with van der Waals surface area (Å²) in [5.41, 5.74) is 2.84. The van der Waals surface area contributed by atoms with E-state index in [-0.39, 0.29) is 12.0 Å². The Morgan fingerprint density at radius 3 is 2.73 bits per heavy atom. The van der Waals surface area contributed by atoms with E-state index >= 15 is 0 Å². The molecule has 0 bridgehead atoms. The molecule has 2 aromatic rings. The summed E-state index contributed by atoms with van der Waals surface area (Å²) in [7, 11) is 0.985. The van der Waals surface area contributed by atoms with E-state index in [0.717, 1.165) is 41.3 Å². The van der Waals surface area contributed by atoms with Crippen LogP contribution < -0.4 is 9.47 Å². The van der Waals surface area contributed by atoms with Crippen LogP contribution in [0.3, 0.4) is 0 Å². The maximum absolute atomic E-state index is 9.60. The van der Waals surface area contributed by atoms with Crippen LogP contribution in [0.25, 0.3) is 11.3 Å². The van der Waals surface area contributed by atoms with Crippen LogP contribution in [0.1, 0.15) is 37.3 Å². The predicted molar refractivity (Wildman–Crippen MR) is 101 cm³/mol. The van der Waals surface area contributed by atoms with Crippen LogP contribution in [0.4, 0.5) is 0 Å². The highest BCUT2D eigenvalue weighted by Crippen LogP contribution is 2.35. The number of aromatic nitrogens is 1. The van der Waals surface area contributed by atoms with Gasteiger partial charge in [0.1, 0.15) is 0 Å². The largest absolute Gasteiger partial charge is 0.493 e. The Morgan fingerprint density at radius 1 is 1.15 bits per heavy atom. The number of rotatable bonds is 5. The molecule has 1 aromatic heterocycles. The summed E-state index contributed by atoms with van der Waals surface area (Å²) < 4.78 is 16.9. The first-order valence-electron chi connectivity index (χ1n) is 9.34. The first-order chi connectivity index (χ1) is 12.7. The highest BCUT2D eigenvalue weighted by atomic mass is 16.5. The third kappa shape index (κ3) is 3.71. The molecule has 2 aliphatic rings. The second-order valence-corrected chi connectivity index (χ2v) is 7.06. The van der Waals surface area contributed by atoms with Crippen LogP contribution in [0, 0.1) is 0 Å². The Balaban J connectivity index is 1.60. The lowest BCUT2D eigenvalue weighted by atomic mass is 9.81. The molecule has 1 aliphatic heterocycles. The molecule has 1 atom stereocenters. The van der Waals surface area contributed by atoms with Gasteiger partial charge in [0.2, 0.25) is 0 Å². The molecule has 136 valence electrons. The molecule has 1 saturated carbocycles. The van der Waals surface area contributed by atoms with Crippen molar-refractivity contribution in [3.05, 3.63) is 42.1 Å². The Bertz CT molecular complexity index is 763. The van der Waals surface area contributed by atoms with Gasteiger partial charge in [-0.3, -0.25) is 4.98 Å². The molecule has 1 aromatic carbocycles. The monoisotopic (exact) mass is 353 g/mol. The average Bonchev–Trinajstić information content (AvgIpc) is 3.33. The van der Waals surface area contributed by atoms with Crippen LogP contribution >= 0.6 is 0 Å². The molecule has 1 saturated heterocycles. The maximum atomic E-state index is 9.60. The van der Waals surface area contributed by atoms with E-state index in [1.165, 1.54) is 12.8 Å². The second kappa shape index (κ2) is 7.68. The topological polar surface area (TPSA) is 60.8 Å². The zero-order chi connectivity index (χ0) is 17.9. The van der Waals surface area contributed by atoms with Crippen molar-refractivity contribution in [2.24, 2.45) is 0 Å². The minimum atomic E-state index is -0.683. The summed E-state index contributed by atoms with van der Waals surface area (Å²) in [5.74, 6) is 1.67. The molecular weight excluding hydrogens is 329 g/mol. The molecule has 0 radical (unpaired) electrons. The minimum absolute atomic E-state index is 0.136. The molecule has 0 spiro atoms. The second-order valence-electron chi connectivity index (χ2n) is 7.06. The number of hydrogen-bond acceptors (Lipinski definition) is 5. The lowest BCUT2D eigenvalue weighted by molar-refractivity contribution is 0.201. The van der Waals surface area contributed by atoms with Gasteiger partial charge in [-0.15, -0.1) is 0 Å². The maximum Gasteiger partial charge on any atom is 0.454 e. The summed E-state index contributed by atoms with van der Waals surface area (Å²) in [6, 6.07) is 12.0. The van der Waals surface area contributed by atoms with Crippen LogP contribution in [0.15, 0.2) is 36.4 Å². The van der Waals surface area contributed by atoms with Crippen molar-refractivity contribution >= 4 is 7.12 Å². The van der Waals surface area contributed by atoms with Gasteiger partial charge in [0.15, 0.2) is 11.5 Å². The molecule has 2 heterocycles. The van der Waals surface area contributed by atoms with E-state index in [1.54, 1.807) is 7.11 Å². The molecule has 5 nitrogen and oxygen atoms in total. The third-order valence-electron chi connectivity index (χ3n) is 5.22. The standard InChI is InChI=1S/C20H24BNO4/c1-24-19-10-9-14(11-20(19)26-16-5-2-3-6-16)17-7-4-8-18(22-17)15-12-21(23)25-13-15/h4,7-11,15-16,23H,2-3,5-6,12-13H2,1H3/t15-/m1/s1. The zero-order valence-electron chi connectivity index (χ0n) is 15.1. The first kappa shape index (κ1) is 17.4. The van der Waals surface area contributed by atoms with E-state index in [4.69, 9.17) is 19.1 Å². The molecule has 1 N–H and O–H groups in total. The normalized spacial score (nSPS) is 20.5. The summed E-state index contributed by atoms with van der Waals surface area (Å²) in [6.45, 7) is 0.510. The summed E-state index contributed by atoms with van der Waals surface area (Å²) in [4.78, 5) is 4.80. The Kier molecular flexibility index (Phi) is 5.13. The van der Waals surface area contributed by atoms with Crippen molar-refractivity contribution in [1.29, 1.82) is 0 Å². The number of methoxy groups -OCH3 is 1. The highest BCUT2D eigenvalue weighted by Gasteiger charge is 2.30. The van der Waals surface area contributed by atoms with Gasteiger partial charge >= 0.3 is 7.12 Å². The van der Waals surface area contributed by atoms with Crippen LogP contribution in [0.2, 0.25) is 6.32 Å². The van der Waals surface area contributed by atoms with Gasteiger partial charge < -0.3 is 19.2 Å². The molecule has 0 amide bonds. The van der Waals surface area contributed by atoms with Gasteiger partial charge in [0.25, 0.3) is 0 Å². The van der Waals surface area contributed by atoms with Gasteiger partial charge in [0, 0.05) is 23.8 Å². The van der Waals surface area contributed by atoms with Gasteiger partial charge in [-0.25, -0.2) is 0 Å². The van der Waals surface area contributed by atoms with E-state index in [1.807, 2.05) is 36.4 Å². The molecule has 0 unspecified atom stereocenters. The lowest BCUT2D eigenvalue weighted by Gasteiger charge is -2.17. The molecular formula is C20H24BNO4. The predicted octanol–water partition coefficient (Wildman–Crippen LogP) is 3.67. The number of benzene rings is 1. The number of ether oxygens (including phenoxy) is 2. The van der Waals surface area contributed by atoms with Crippen LogP contribution in [-0.2, 0) is 4.65 Å². The van der Waals surface area contributed by atoms with Crippen LogP contribution in [-0.4, -0.2) is 36.9 Å². The van der Waals surface area contributed by atoms with Crippen molar-refractivity contribution < 1.29 is 19.2 Å². The van der Waals surface area contributed by atoms with Crippen molar-refractivity contribution in [3.63, 3.8) is 0 Å². The molecule has 1 aliphatic carbocycles. The quantitative estimate of drug-likeness (QED) is 0.831.